The lowest BCUT2D eigenvalue weighted by Crippen LogP contribution is -2.40. The van der Waals surface area contributed by atoms with E-state index in [-0.39, 0.29) is 29.9 Å². The van der Waals surface area contributed by atoms with E-state index in [0.29, 0.717) is 35.3 Å². The van der Waals surface area contributed by atoms with Crippen molar-refractivity contribution in [2.45, 2.75) is 52.3 Å². The highest BCUT2D eigenvalue weighted by Gasteiger charge is 2.21. The number of amides is 2. The maximum absolute atomic E-state index is 12.9. The van der Waals surface area contributed by atoms with E-state index < -0.39 is 5.91 Å². The number of hydrogen-bond donors (Lipinski definition) is 4. The zero-order chi connectivity index (χ0) is 28.6. The van der Waals surface area contributed by atoms with E-state index in [0.717, 1.165) is 29.2 Å². The maximum atomic E-state index is 12.9. The summed E-state index contributed by atoms with van der Waals surface area (Å²) < 4.78 is 11.3. The molecule has 4 rings (SSSR count). The largest absolute Gasteiger partial charge is 0.475 e. The molecule has 0 saturated carbocycles. The van der Waals surface area contributed by atoms with Gasteiger partial charge in [0.1, 0.15) is 5.75 Å². The fourth-order valence-corrected chi connectivity index (χ4v) is 4.44. The lowest BCUT2D eigenvalue weighted by molar-refractivity contribution is -0.119. The molecule has 0 aliphatic rings. The summed E-state index contributed by atoms with van der Waals surface area (Å²) >= 11 is 0. The molecule has 0 spiro atoms. The minimum atomic E-state index is -0.446. The number of benzene rings is 3. The number of anilines is 1. The number of hydrogen-bond acceptors (Lipinski definition) is 9. The number of ether oxygens (including phenoxy) is 1. The summed E-state index contributed by atoms with van der Waals surface area (Å²) in [6.07, 6.45) is 2.39. The van der Waals surface area contributed by atoms with Crippen molar-refractivity contribution < 1.29 is 23.6 Å². The van der Waals surface area contributed by atoms with Gasteiger partial charge >= 0.3 is 0 Å². The zero-order valence-corrected chi connectivity index (χ0v) is 22.6. The number of carbonyl (C=O) groups excluding carboxylic acids is 3. The number of rotatable bonds is 11. The van der Waals surface area contributed by atoms with Crippen LogP contribution in [0.2, 0.25) is 0 Å². The molecule has 1 heterocycles. The number of carbonyl (C=O) groups is 3. The van der Waals surface area contributed by atoms with Crippen molar-refractivity contribution in [3.63, 3.8) is 0 Å². The Labute approximate surface area is 231 Å². The lowest BCUT2D eigenvalue weighted by atomic mass is 9.99. The molecule has 4 aromatic rings. The van der Waals surface area contributed by atoms with Crippen molar-refractivity contribution in [2.24, 2.45) is 0 Å². The Hall–Kier alpha value is -4.77. The molecule has 0 aliphatic heterocycles. The summed E-state index contributed by atoms with van der Waals surface area (Å²) in [5.41, 5.74) is 13.6. The third kappa shape index (κ3) is 6.62. The van der Waals surface area contributed by atoms with Gasteiger partial charge in [-0.3, -0.25) is 30.6 Å². The average molecular weight is 545 g/mol. The summed E-state index contributed by atoms with van der Waals surface area (Å²) in [5, 5.41) is 8.94. The summed E-state index contributed by atoms with van der Waals surface area (Å²) in [7, 11) is 0. The van der Waals surface area contributed by atoms with Crippen molar-refractivity contribution in [3.8, 4) is 17.1 Å². The van der Waals surface area contributed by atoms with Gasteiger partial charge in [-0.2, -0.15) is 4.98 Å². The van der Waals surface area contributed by atoms with Crippen molar-refractivity contribution in [3.05, 3.63) is 71.6 Å². The number of nitrogen functional groups attached to an aromatic ring is 1. The van der Waals surface area contributed by atoms with Crippen LogP contribution in [0.4, 0.5) is 5.69 Å². The first kappa shape index (κ1) is 28.2. The van der Waals surface area contributed by atoms with Crippen molar-refractivity contribution >= 4 is 34.6 Å². The highest BCUT2D eigenvalue weighted by atomic mass is 16.5. The van der Waals surface area contributed by atoms with Crippen LogP contribution in [0.3, 0.4) is 0 Å². The molecule has 0 saturated heterocycles. The molecule has 2 amide bonds. The van der Waals surface area contributed by atoms with Crippen LogP contribution in [-0.4, -0.2) is 34.5 Å². The molecule has 3 aromatic carbocycles. The SMILES string of the molecule is CCCC(NC(CC)c1ccc(-c2noc(C=O)n2)cc1N)Oc1cc(C(=O)NNC(C)=O)c2ccccc2c1. The van der Waals surface area contributed by atoms with Gasteiger partial charge in [0.25, 0.3) is 11.8 Å². The van der Waals surface area contributed by atoms with Gasteiger partial charge in [0, 0.05) is 24.2 Å². The van der Waals surface area contributed by atoms with Gasteiger partial charge in [-0.1, -0.05) is 61.8 Å². The zero-order valence-electron chi connectivity index (χ0n) is 22.6. The summed E-state index contributed by atoms with van der Waals surface area (Å²) in [6.45, 7) is 5.43. The molecular formula is C29H32N6O5. The first-order valence-electron chi connectivity index (χ1n) is 13.0. The average Bonchev–Trinajstić information content (AvgIpc) is 3.44. The van der Waals surface area contributed by atoms with Crippen molar-refractivity contribution in [1.29, 1.82) is 0 Å². The topological polar surface area (TPSA) is 161 Å². The Bertz CT molecular complexity index is 1520. The highest BCUT2D eigenvalue weighted by Crippen LogP contribution is 2.30. The van der Waals surface area contributed by atoms with E-state index in [1.165, 1.54) is 6.92 Å². The third-order valence-electron chi connectivity index (χ3n) is 6.32. The van der Waals surface area contributed by atoms with Crippen LogP contribution in [0.15, 0.2) is 59.1 Å². The highest BCUT2D eigenvalue weighted by molar-refractivity contribution is 6.08. The monoisotopic (exact) mass is 544 g/mol. The van der Waals surface area contributed by atoms with E-state index in [4.69, 9.17) is 15.0 Å². The smallest absolute Gasteiger partial charge is 0.291 e. The molecule has 11 heteroatoms. The Morgan fingerprint density at radius 3 is 2.58 bits per heavy atom. The molecule has 1 aromatic heterocycles. The van der Waals surface area contributed by atoms with Gasteiger partial charge in [0.15, 0.2) is 6.23 Å². The van der Waals surface area contributed by atoms with Crippen LogP contribution >= 0.6 is 0 Å². The predicted octanol–water partition coefficient (Wildman–Crippen LogP) is 4.31. The van der Waals surface area contributed by atoms with Crippen LogP contribution in [0.25, 0.3) is 22.2 Å². The quantitative estimate of drug-likeness (QED) is 0.0933. The maximum Gasteiger partial charge on any atom is 0.291 e. The normalized spacial score (nSPS) is 12.5. The molecule has 5 N–H and O–H groups in total. The summed E-state index contributed by atoms with van der Waals surface area (Å²) in [5.74, 6) is -0.131. The standard InChI is InChI=1S/C29H32N6O5/c1-4-8-26(31-25(5-2)22-12-11-19(14-24(22)30)28-32-27(16-36)40-35-28)39-20-13-18-9-6-7-10-21(18)23(15-20)29(38)34-33-17(3)37/h6-7,9-16,25-26,31H,4-5,8,30H2,1-3H3,(H,33,37)(H,34,38). The molecule has 0 aliphatic carbocycles. The van der Waals surface area contributed by atoms with E-state index in [1.54, 1.807) is 12.1 Å². The second-order valence-electron chi connectivity index (χ2n) is 9.27. The Morgan fingerprint density at radius 1 is 1.10 bits per heavy atom. The third-order valence-corrected chi connectivity index (χ3v) is 6.32. The van der Waals surface area contributed by atoms with Gasteiger partial charge in [-0.15, -0.1) is 0 Å². The van der Waals surface area contributed by atoms with E-state index in [2.05, 4.69) is 33.2 Å². The van der Waals surface area contributed by atoms with Gasteiger partial charge in [0.05, 0.1) is 5.56 Å². The second kappa shape index (κ2) is 12.9. The fourth-order valence-electron chi connectivity index (χ4n) is 4.44. The molecule has 11 nitrogen and oxygen atoms in total. The number of nitrogens with zero attached hydrogens (tertiary/aromatic N) is 2. The molecular weight excluding hydrogens is 512 g/mol. The Balaban J connectivity index is 1.58. The van der Waals surface area contributed by atoms with E-state index in [9.17, 15) is 14.4 Å². The molecule has 0 fully saturated rings. The van der Waals surface area contributed by atoms with Gasteiger partial charge in [-0.05, 0) is 47.4 Å². The van der Waals surface area contributed by atoms with Crippen LogP contribution in [0, 0.1) is 0 Å². The molecule has 208 valence electrons. The number of nitrogens with one attached hydrogen (secondary N) is 3. The molecule has 2 atom stereocenters. The fraction of sp³-hybridized carbons (Fsp3) is 0.276. The van der Waals surface area contributed by atoms with Crippen molar-refractivity contribution in [2.75, 3.05) is 5.73 Å². The predicted molar refractivity (Wildman–Crippen MR) is 150 cm³/mol. The first-order valence-corrected chi connectivity index (χ1v) is 13.0. The first-order chi connectivity index (χ1) is 19.3. The van der Waals surface area contributed by atoms with Crippen LogP contribution < -0.4 is 26.6 Å². The van der Waals surface area contributed by atoms with E-state index in [1.807, 2.05) is 49.4 Å². The molecule has 40 heavy (non-hydrogen) atoms. The van der Waals surface area contributed by atoms with E-state index >= 15 is 0 Å². The number of nitrogens with two attached hydrogens (primary N) is 1. The Morgan fingerprint density at radius 2 is 1.90 bits per heavy atom. The van der Waals surface area contributed by atoms with Crippen LogP contribution in [0.1, 0.15) is 72.7 Å². The number of fused-ring (bicyclic) bond motifs is 1. The minimum absolute atomic E-state index is 0.102. The number of aromatic nitrogens is 2. The van der Waals surface area contributed by atoms with Crippen LogP contribution in [-0.2, 0) is 4.79 Å². The molecule has 0 bridgehead atoms. The molecule has 0 radical (unpaired) electrons. The minimum Gasteiger partial charge on any atom is -0.475 e. The van der Waals surface area contributed by atoms with Crippen molar-refractivity contribution in [1.82, 2.24) is 26.3 Å². The second-order valence-corrected chi connectivity index (χ2v) is 9.27. The van der Waals surface area contributed by atoms with Crippen LogP contribution in [0.5, 0.6) is 5.75 Å². The van der Waals surface area contributed by atoms with Gasteiger partial charge < -0.3 is 15.0 Å². The summed E-state index contributed by atoms with van der Waals surface area (Å²) in [6, 6.07) is 16.4. The number of hydrazine groups is 1. The summed E-state index contributed by atoms with van der Waals surface area (Å²) in [4.78, 5) is 39.1. The Kier molecular flexibility index (Phi) is 9.07. The lowest BCUT2D eigenvalue weighted by Gasteiger charge is -2.27. The van der Waals surface area contributed by atoms with Gasteiger partial charge in [-0.25, -0.2) is 0 Å². The van der Waals surface area contributed by atoms with Gasteiger partial charge in [0.2, 0.25) is 18.0 Å². The number of aldehydes is 1. The molecule has 2 unspecified atom stereocenters.